The van der Waals surface area contributed by atoms with E-state index in [9.17, 15) is 4.39 Å². The molecule has 0 aliphatic carbocycles. The second-order valence-corrected chi connectivity index (χ2v) is 5.34. The molecule has 0 unspecified atom stereocenters. The quantitative estimate of drug-likeness (QED) is 0.907. The fourth-order valence-electron chi connectivity index (χ4n) is 3.05. The summed E-state index contributed by atoms with van der Waals surface area (Å²) in [5.41, 5.74) is 12.1. The van der Waals surface area contributed by atoms with E-state index in [4.69, 9.17) is 10.5 Å². The predicted octanol–water partition coefficient (Wildman–Crippen LogP) is 3.50. The van der Waals surface area contributed by atoms with Crippen LogP contribution in [0, 0.1) is 19.7 Å². The topological polar surface area (TPSA) is 35.2 Å². The van der Waals surface area contributed by atoms with E-state index in [0.29, 0.717) is 13.2 Å². The van der Waals surface area contributed by atoms with Crippen LogP contribution in [0.25, 0.3) is 11.1 Å². The van der Waals surface area contributed by atoms with Crippen LogP contribution < -0.4 is 10.5 Å². The van der Waals surface area contributed by atoms with Gasteiger partial charge in [0.1, 0.15) is 11.6 Å². The average molecular weight is 271 g/mol. The molecule has 0 radical (unpaired) electrons. The Morgan fingerprint density at radius 2 is 1.85 bits per heavy atom. The van der Waals surface area contributed by atoms with Crippen LogP contribution in [0.4, 0.5) is 4.39 Å². The highest BCUT2D eigenvalue weighted by Gasteiger charge is 2.19. The molecule has 2 nitrogen and oxygen atoms in total. The van der Waals surface area contributed by atoms with E-state index in [2.05, 4.69) is 12.1 Å². The number of hydrogen-bond donors (Lipinski definition) is 1. The normalized spacial score (nSPS) is 13.2. The van der Waals surface area contributed by atoms with Gasteiger partial charge in [0.15, 0.2) is 0 Å². The number of rotatable bonds is 2. The third-order valence-corrected chi connectivity index (χ3v) is 3.87. The highest BCUT2D eigenvalue weighted by atomic mass is 19.1. The minimum atomic E-state index is -0.188. The van der Waals surface area contributed by atoms with Crippen LogP contribution in [0.15, 0.2) is 24.3 Å². The van der Waals surface area contributed by atoms with Crippen molar-refractivity contribution in [3.8, 4) is 16.9 Å². The number of nitrogens with two attached hydrogens (primary N) is 1. The lowest BCUT2D eigenvalue weighted by Gasteiger charge is -2.14. The molecule has 2 aromatic rings. The van der Waals surface area contributed by atoms with E-state index < -0.39 is 0 Å². The summed E-state index contributed by atoms with van der Waals surface area (Å²) < 4.78 is 19.1. The second kappa shape index (κ2) is 4.91. The molecule has 0 fully saturated rings. The standard InChI is InChI=1S/C17H18FNO/c1-10-5-15(18)6-11(2)16(10)13-7-12-3-4-20-17(12)14(8-13)9-19/h5-8H,3-4,9,19H2,1-2H3. The zero-order valence-corrected chi connectivity index (χ0v) is 11.8. The van der Waals surface area contributed by atoms with Gasteiger partial charge in [-0.2, -0.15) is 0 Å². The maximum Gasteiger partial charge on any atom is 0.127 e. The Kier molecular flexibility index (Phi) is 3.22. The Bertz CT molecular complexity index is 656. The summed E-state index contributed by atoms with van der Waals surface area (Å²) >= 11 is 0. The molecule has 0 atom stereocenters. The predicted molar refractivity (Wildman–Crippen MR) is 78.4 cm³/mol. The Labute approximate surface area is 118 Å². The molecule has 0 saturated carbocycles. The summed E-state index contributed by atoms with van der Waals surface area (Å²) in [6.07, 6.45) is 0.912. The third kappa shape index (κ3) is 2.08. The number of hydrogen-bond acceptors (Lipinski definition) is 2. The van der Waals surface area contributed by atoms with Gasteiger partial charge in [0.25, 0.3) is 0 Å². The first-order chi connectivity index (χ1) is 9.60. The third-order valence-electron chi connectivity index (χ3n) is 3.87. The summed E-state index contributed by atoms with van der Waals surface area (Å²) in [6, 6.07) is 7.37. The molecule has 3 heteroatoms. The zero-order valence-electron chi connectivity index (χ0n) is 11.8. The summed E-state index contributed by atoms with van der Waals surface area (Å²) in [6.45, 7) is 5.05. The smallest absolute Gasteiger partial charge is 0.127 e. The maximum absolute atomic E-state index is 13.4. The summed E-state index contributed by atoms with van der Waals surface area (Å²) in [5.74, 6) is 0.751. The van der Waals surface area contributed by atoms with Crippen LogP contribution in [0.2, 0.25) is 0 Å². The Hall–Kier alpha value is -1.87. The minimum Gasteiger partial charge on any atom is -0.493 e. The van der Waals surface area contributed by atoms with E-state index in [1.54, 1.807) is 12.1 Å². The molecule has 0 bridgehead atoms. The lowest BCUT2D eigenvalue weighted by atomic mass is 9.92. The Morgan fingerprint density at radius 3 is 2.50 bits per heavy atom. The Balaban J connectivity index is 2.21. The molecule has 0 saturated heterocycles. The first kappa shape index (κ1) is 13.1. The van der Waals surface area contributed by atoms with Crippen LogP contribution >= 0.6 is 0 Å². The lowest BCUT2D eigenvalue weighted by molar-refractivity contribution is 0.353. The first-order valence-electron chi connectivity index (χ1n) is 6.86. The maximum atomic E-state index is 13.4. The lowest BCUT2D eigenvalue weighted by Crippen LogP contribution is -2.01. The molecule has 20 heavy (non-hydrogen) atoms. The van der Waals surface area contributed by atoms with Gasteiger partial charge in [-0.05, 0) is 65.9 Å². The monoisotopic (exact) mass is 271 g/mol. The summed E-state index contributed by atoms with van der Waals surface area (Å²) in [5, 5.41) is 0. The van der Waals surface area contributed by atoms with Gasteiger partial charge in [0, 0.05) is 18.5 Å². The molecule has 0 spiro atoms. The van der Waals surface area contributed by atoms with Crippen LogP contribution in [-0.4, -0.2) is 6.61 Å². The molecule has 104 valence electrons. The van der Waals surface area contributed by atoms with E-state index >= 15 is 0 Å². The first-order valence-corrected chi connectivity index (χ1v) is 6.86. The molecule has 1 aliphatic heterocycles. The van der Waals surface area contributed by atoms with Crippen LogP contribution in [0.1, 0.15) is 22.3 Å². The molecular weight excluding hydrogens is 253 g/mol. The highest BCUT2D eigenvalue weighted by Crippen LogP contribution is 2.36. The molecule has 1 heterocycles. The molecule has 0 amide bonds. The fraction of sp³-hybridized carbons (Fsp3) is 0.294. The van der Waals surface area contributed by atoms with Crippen molar-refractivity contribution in [2.24, 2.45) is 5.73 Å². The molecular formula is C17H18FNO. The van der Waals surface area contributed by atoms with Crippen molar-refractivity contribution in [3.63, 3.8) is 0 Å². The number of ether oxygens (including phenoxy) is 1. The number of halogens is 1. The van der Waals surface area contributed by atoms with Gasteiger partial charge in [-0.15, -0.1) is 0 Å². The fourth-order valence-corrected chi connectivity index (χ4v) is 3.05. The van der Waals surface area contributed by atoms with Crippen LogP contribution in [0.5, 0.6) is 5.75 Å². The van der Waals surface area contributed by atoms with Crippen LogP contribution in [-0.2, 0) is 13.0 Å². The summed E-state index contributed by atoms with van der Waals surface area (Å²) in [4.78, 5) is 0. The van der Waals surface area contributed by atoms with E-state index in [1.807, 2.05) is 13.8 Å². The van der Waals surface area contributed by atoms with Crippen molar-refractivity contribution in [2.75, 3.05) is 6.61 Å². The minimum absolute atomic E-state index is 0.188. The van der Waals surface area contributed by atoms with E-state index in [0.717, 1.165) is 40.0 Å². The van der Waals surface area contributed by atoms with Gasteiger partial charge >= 0.3 is 0 Å². The van der Waals surface area contributed by atoms with Crippen LogP contribution in [0.3, 0.4) is 0 Å². The average Bonchev–Trinajstić information content (AvgIpc) is 2.84. The van der Waals surface area contributed by atoms with E-state index in [-0.39, 0.29) is 5.82 Å². The van der Waals surface area contributed by atoms with Crippen molar-refractivity contribution >= 4 is 0 Å². The Morgan fingerprint density at radius 1 is 1.15 bits per heavy atom. The van der Waals surface area contributed by atoms with Gasteiger partial charge < -0.3 is 10.5 Å². The molecule has 2 N–H and O–H groups in total. The second-order valence-electron chi connectivity index (χ2n) is 5.34. The number of fused-ring (bicyclic) bond motifs is 1. The van der Waals surface area contributed by atoms with Crippen molar-refractivity contribution in [2.45, 2.75) is 26.8 Å². The highest BCUT2D eigenvalue weighted by molar-refractivity contribution is 5.73. The van der Waals surface area contributed by atoms with Crippen molar-refractivity contribution in [1.29, 1.82) is 0 Å². The SMILES string of the molecule is Cc1cc(F)cc(C)c1-c1cc(CN)c2c(c1)CCO2. The van der Waals surface area contributed by atoms with Gasteiger partial charge in [0.2, 0.25) is 0 Å². The van der Waals surface area contributed by atoms with Crippen molar-refractivity contribution < 1.29 is 9.13 Å². The zero-order chi connectivity index (χ0) is 14.3. The van der Waals surface area contributed by atoms with Gasteiger partial charge in [-0.1, -0.05) is 0 Å². The number of benzene rings is 2. The largest absolute Gasteiger partial charge is 0.493 e. The number of aryl methyl sites for hydroxylation is 2. The summed E-state index contributed by atoms with van der Waals surface area (Å²) in [7, 11) is 0. The van der Waals surface area contributed by atoms with Crippen molar-refractivity contribution in [1.82, 2.24) is 0 Å². The van der Waals surface area contributed by atoms with Gasteiger partial charge in [-0.25, -0.2) is 4.39 Å². The van der Waals surface area contributed by atoms with Gasteiger partial charge in [0.05, 0.1) is 6.61 Å². The molecule has 0 aromatic heterocycles. The molecule has 1 aliphatic rings. The van der Waals surface area contributed by atoms with Crippen molar-refractivity contribution in [3.05, 3.63) is 52.3 Å². The molecule has 3 rings (SSSR count). The molecule has 2 aromatic carbocycles. The van der Waals surface area contributed by atoms with Gasteiger partial charge in [-0.3, -0.25) is 0 Å². The van der Waals surface area contributed by atoms with E-state index in [1.165, 1.54) is 5.56 Å².